The number of anilines is 1. The first-order valence-corrected chi connectivity index (χ1v) is 16.3. The molecular formula is C32H39ClN2O5S. The van der Waals surface area contributed by atoms with Gasteiger partial charge in [0.2, 0.25) is 10.0 Å². The van der Waals surface area contributed by atoms with Gasteiger partial charge in [0.15, 0.2) is 0 Å². The number of benzene rings is 2. The van der Waals surface area contributed by atoms with Gasteiger partial charge in [-0.1, -0.05) is 29.8 Å². The summed E-state index contributed by atoms with van der Waals surface area (Å²) in [4.78, 5) is 15.5. The molecule has 9 heteroatoms. The number of carbonyl (C=O) groups excluding carboxylic acids is 1. The van der Waals surface area contributed by atoms with Crippen molar-refractivity contribution >= 4 is 33.2 Å². The highest BCUT2D eigenvalue weighted by Gasteiger charge is 2.45. The van der Waals surface area contributed by atoms with Crippen LogP contribution in [0.25, 0.3) is 0 Å². The molecule has 2 aliphatic carbocycles. The van der Waals surface area contributed by atoms with E-state index in [4.69, 9.17) is 16.3 Å². The largest absolute Gasteiger partial charge is 0.490 e. The van der Waals surface area contributed by atoms with Gasteiger partial charge in [-0.25, -0.2) is 13.1 Å². The lowest BCUT2D eigenvalue weighted by Crippen LogP contribution is -2.47. The highest BCUT2D eigenvalue weighted by atomic mass is 35.5. The second-order valence-electron chi connectivity index (χ2n) is 11.8. The molecule has 3 aliphatic rings. The molecule has 5 atom stereocenters. The lowest BCUT2D eigenvalue weighted by molar-refractivity contribution is 0.0461. The number of aliphatic hydroxyl groups excluding tert-OH is 1. The van der Waals surface area contributed by atoms with E-state index in [0.29, 0.717) is 38.3 Å². The third-order valence-electron chi connectivity index (χ3n) is 9.22. The lowest BCUT2D eigenvalue weighted by atomic mass is 9.70. The molecule has 1 aliphatic heterocycles. The van der Waals surface area contributed by atoms with Crippen LogP contribution in [-0.2, 0) is 21.9 Å². The average Bonchev–Trinajstić information content (AvgIpc) is 3.19. The van der Waals surface area contributed by atoms with Crippen LogP contribution in [0.3, 0.4) is 0 Å². The minimum Gasteiger partial charge on any atom is -0.490 e. The maximum atomic E-state index is 13.2. The fourth-order valence-corrected chi connectivity index (χ4v) is 7.76. The Morgan fingerprint density at radius 1 is 1.27 bits per heavy atom. The molecule has 2 aromatic carbocycles. The molecule has 2 N–H and O–H groups in total. The summed E-state index contributed by atoms with van der Waals surface area (Å²) >= 11 is 6.32. The summed E-state index contributed by atoms with van der Waals surface area (Å²) in [5.74, 6) is 0.366. The number of hydrogen-bond acceptors (Lipinski definition) is 6. The number of halogens is 1. The van der Waals surface area contributed by atoms with Crippen molar-refractivity contribution in [3.63, 3.8) is 0 Å². The predicted molar refractivity (Wildman–Crippen MR) is 163 cm³/mol. The Morgan fingerprint density at radius 2 is 2.07 bits per heavy atom. The van der Waals surface area contributed by atoms with E-state index in [1.54, 1.807) is 37.3 Å². The monoisotopic (exact) mass is 598 g/mol. The van der Waals surface area contributed by atoms with Crippen LogP contribution in [0.2, 0.25) is 5.02 Å². The van der Waals surface area contributed by atoms with Gasteiger partial charge in [0.05, 0.1) is 23.6 Å². The molecule has 220 valence electrons. The molecule has 0 bridgehead atoms. The molecule has 41 heavy (non-hydrogen) atoms. The minimum atomic E-state index is -3.85. The number of ether oxygens (including phenoxy) is 1. The summed E-state index contributed by atoms with van der Waals surface area (Å²) < 4.78 is 34.3. The fourth-order valence-electron chi connectivity index (χ4n) is 6.54. The van der Waals surface area contributed by atoms with Crippen LogP contribution in [0.1, 0.15) is 60.5 Å². The fraction of sp³-hybridized carbons (Fsp3) is 0.469. The molecule has 1 spiro atoms. The molecule has 1 amide bonds. The van der Waals surface area contributed by atoms with E-state index in [2.05, 4.69) is 28.8 Å². The second-order valence-corrected chi connectivity index (χ2v) is 14.3. The maximum Gasteiger partial charge on any atom is 0.264 e. The molecular weight excluding hydrogens is 560 g/mol. The van der Waals surface area contributed by atoms with Crippen molar-refractivity contribution < 1.29 is 23.1 Å². The number of aliphatic hydroxyl groups is 1. The first-order valence-electron chi connectivity index (χ1n) is 14.3. The van der Waals surface area contributed by atoms with Crippen LogP contribution in [0.4, 0.5) is 5.69 Å². The third-order valence-corrected chi connectivity index (χ3v) is 11.2. The van der Waals surface area contributed by atoms with E-state index in [0.717, 1.165) is 36.4 Å². The predicted octanol–water partition coefficient (Wildman–Crippen LogP) is 5.41. The van der Waals surface area contributed by atoms with Gasteiger partial charge in [-0.05, 0) is 98.7 Å². The summed E-state index contributed by atoms with van der Waals surface area (Å²) in [5.41, 5.74) is 3.21. The van der Waals surface area contributed by atoms with Crippen LogP contribution < -0.4 is 14.4 Å². The van der Waals surface area contributed by atoms with E-state index in [1.807, 2.05) is 12.1 Å². The molecule has 1 saturated carbocycles. The second kappa shape index (κ2) is 11.8. The van der Waals surface area contributed by atoms with Crippen molar-refractivity contribution in [1.29, 1.82) is 0 Å². The van der Waals surface area contributed by atoms with Crippen molar-refractivity contribution in [1.82, 2.24) is 4.72 Å². The van der Waals surface area contributed by atoms with E-state index in [-0.39, 0.29) is 22.8 Å². The van der Waals surface area contributed by atoms with E-state index in [9.17, 15) is 18.3 Å². The zero-order valence-electron chi connectivity index (χ0n) is 23.5. The Kier molecular flexibility index (Phi) is 8.56. The highest BCUT2D eigenvalue weighted by Crippen LogP contribution is 2.47. The topological polar surface area (TPSA) is 95.9 Å². The van der Waals surface area contributed by atoms with Crippen LogP contribution in [-0.4, -0.2) is 50.5 Å². The first kappa shape index (κ1) is 29.7. The quantitative estimate of drug-likeness (QED) is 0.355. The molecule has 2 aromatic rings. The number of sulfonamides is 1. The molecule has 7 nitrogen and oxygen atoms in total. The Labute approximate surface area is 248 Å². The number of carbonyl (C=O) groups is 1. The molecule has 0 radical (unpaired) electrons. The zero-order valence-corrected chi connectivity index (χ0v) is 25.1. The number of fused-ring (bicyclic) bond motifs is 3. The van der Waals surface area contributed by atoms with Crippen LogP contribution >= 0.6 is 11.6 Å². The Balaban J connectivity index is 1.47. The van der Waals surface area contributed by atoms with Gasteiger partial charge in [0, 0.05) is 29.1 Å². The number of allylic oxidation sites excluding steroid dienone is 1. The van der Waals surface area contributed by atoms with Gasteiger partial charge in [-0.15, -0.1) is 13.2 Å². The summed E-state index contributed by atoms with van der Waals surface area (Å²) in [6.07, 6.45) is 7.37. The van der Waals surface area contributed by atoms with Gasteiger partial charge in [0.1, 0.15) is 5.75 Å². The van der Waals surface area contributed by atoms with E-state index < -0.39 is 27.3 Å². The normalized spacial score (nSPS) is 24.7. The van der Waals surface area contributed by atoms with Crippen molar-refractivity contribution in [2.75, 3.05) is 24.6 Å². The van der Waals surface area contributed by atoms with Crippen molar-refractivity contribution in [3.8, 4) is 5.75 Å². The first-order chi connectivity index (χ1) is 19.6. The number of aryl methyl sites for hydroxylation is 1. The summed E-state index contributed by atoms with van der Waals surface area (Å²) in [7, 11) is -3.85. The van der Waals surface area contributed by atoms with Crippen molar-refractivity contribution in [2.45, 2.75) is 62.2 Å². The third kappa shape index (κ3) is 5.92. The zero-order chi connectivity index (χ0) is 29.4. The van der Waals surface area contributed by atoms with Crippen LogP contribution in [0.5, 0.6) is 5.75 Å². The molecule has 5 rings (SSSR count). The van der Waals surface area contributed by atoms with Gasteiger partial charge >= 0.3 is 0 Å². The molecule has 1 heterocycles. The van der Waals surface area contributed by atoms with Gasteiger partial charge in [-0.2, -0.15) is 0 Å². The number of nitrogens with one attached hydrogen (secondary N) is 1. The summed E-state index contributed by atoms with van der Waals surface area (Å²) in [6, 6.07) is 11.2. The van der Waals surface area contributed by atoms with Crippen molar-refractivity contribution in [3.05, 3.63) is 83.4 Å². The van der Waals surface area contributed by atoms with Gasteiger partial charge < -0.3 is 14.7 Å². The molecule has 0 unspecified atom stereocenters. The summed E-state index contributed by atoms with van der Waals surface area (Å²) in [6.45, 7) is 10.8. The number of rotatable bonds is 10. The highest BCUT2D eigenvalue weighted by molar-refractivity contribution is 7.90. The smallest absolute Gasteiger partial charge is 0.264 e. The molecule has 0 saturated heterocycles. The van der Waals surface area contributed by atoms with Gasteiger partial charge in [0.25, 0.3) is 5.91 Å². The number of amides is 1. The van der Waals surface area contributed by atoms with Crippen LogP contribution in [0.15, 0.2) is 61.7 Å². The SMILES string of the molecule is C=CCC[C@@H](C)S(=O)(=O)NC(=O)c1ccc2c(c1)N(C[C@@H]1CC[C@H]1[C@@H](O)C=C)C[C@@]1(CCc3cc(Cl)ccc31)CO2. The Morgan fingerprint density at radius 3 is 2.78 bits per heavy atom. The standard InChI is InChI=1S/C32H39ClN2O5S/c1-4-6-7-21(3)41(38,39)34-31(37)23-9-13-30-28(17-23)35(18-24-8-11-26(24)29(36)5-2)19-32(20-40-30)15-14-22-16-25(33)10-12-27(22)32/h4-5,9-10,12-13,16-17,21,24,26,29,36H,1-2,6-8,11,14-15,18-20H2,3H3,(H,34,37)/t21-,24+,26-,29+,32+/m1/s1. The van der Waals surface area contributed by atoms with E-state index >= 15 is 0 Å². The van der Waals surface area contributed by atoms with Gasteiger partial charge in [-0.3, -0.25) is 4.79 Å². The van der Waals surface area contributed by atoms with Crippen LogP contribution in [0, 0.1) is 11.8 Å². The molecule has 1 fully saturated rings. The Bertz CT molecular complexity index is 1440. The molecule has 0 aromatic heterocycles. The lowest BCUT2D eigenvalue weighted by Gasteiger charge is -2.43. The minimum absolute atomic E-state index is 0.124. The number of nitrogens with zero attached hydrogens (tertiary/aromatic N) is 1. The van der Waals surface area contributed by atoms with E-state index in [1.165, 1.54) is 11.1 Å². The average molecular weight is 599 g/mol. The number of hydrogen-bond donors (Lipinski definition) is 2. The summed E-state index contributed by atoms with van der Waals surface area (Å²) in [5, 5.41) is 10.5. The van der Waals surface area contributed by atoms with Crippen molar-refractivity contribution in [2.24, 2.45) is 11.8 Å². The maximum absolute atomic E-state index is 13.2. The Hall–Kier alpha value is -2.81.